The molecule has 2 N–H and O–H groups in total. The van der Waals surface area contributed by atoms with Crippen LogP contribution in [0.25, 0.3) is 0 Å². The molecule has 24 heavy (non-hydrogen) atoms. The topological polar surface area (TPSA) is 70.6 Å². The van der Waals surface area contributed by atoms with Crippen molar-refractivity contribution < 1.29 is 9.59 Å². The van der Waals surface area contributed by atoms with Gasteiger partial charge in [0.15, 0.2) is 5.17 Å². The molecule has 0 spiro atoms. The second-order valence-corrected chi connectivity index (χ2v) is 6.51. The molecule has 1 aliphatic rings. The largest absolute Gasteiger partial charge is 0.326 e. The van der Waals surface area contributed by atoms with Gasteiger partial charge in [0.2, 0.25) is 11.8 Å². The lowest BCUT2D eigenvalue weighted by Crippen LogP contribution is -2.28. The SMILES string of the molecule is O=C(C[C@H]1SC(=NCc2ccccc2)NC1=O)Nc1ccccc1. The Labute approximate surface area is 144 Å². The molecule has 1 heterocycles. The third-order valence-electron chi connectivity index (χ3n) is 3.45. The number of para-hydroxylation sites is 1. The minimum absolute atomic E-state index is 0.121. The van der Waals surface area contributed by atoms with E-state index in [9.17, 15) is 9.59 Å². The molecule has 3 rings (SSSR count). The number of hydrogen-bond donors (Lipinski definition) is 2. The predicted molar refractivity (Wildman–Crippen MR) is 96.8 cm³/mol. The lowest BCUT2D eigenvalue weighted by Gasteiger charge is -2.07. The van der Waals surface area contributed by atoms with Crippen LogP contribution in [0.3, 0.4) is 0 Å². The maximum absolute atomic E-state index is 12.1. The summed E-state index contributed by atoms with van der Waals surface area (Å²) in [5, 5.41) is 5.66. The molecule has 0 saturated carbocycles. The van der Waals surface area contributed by atoms with E-state index in [1.54, 1.807) is 0 Å². The van der Waals surface area contributed by atoms with Crippen LogP contribution >= 0.6 is 11.8 Å². The first kappa shape index (κ1) is 16.3. The van der Waals surface area contributed by atoms with E-state index < -0.39 is 5.25 Å². The molecule has 1 saturated heterocycles. The Bertz CT molecular complexity index is 747. The smallest absolute Gasteiger partial charge is 0.240 e. The van der Waals surface area contributed by atoms with Crippen LogP contribution in [0.1, 0.15) is 12.0 Å². The first-order valence-electron chi connectivity index (χ1n) is 7.61. The van der Waals surface area contributed by atoms with Crippen molar-refractivity contribution in [3.05, 3.63) is 66.2 Å². The standard InChI is InChI=1S/C18H17N3O2S/c22-16(20-14-9-5-2-6-10-14)11-15-17(23)21-18(24-15)19-12-13-7-3-1-4-8-13/h1-10,15H,11-12H2,(H,20,22)(H,19,21,23)/t15-/m1/s1. The number of thioether (sulfide) groups is 1. The first-order valence-corrected chi connectivity index (χ1v) is 8.49. The molecule has 1 atom stereocenters. The molecular weight excluding hydrogens is 322 g/mol. The number of amidine groups is 1. The van der Waals surface area contributed by atoms with Crippen molar-refractivity contribution >= 4 is 34.4 Å². The van der Waals surface area contributed by atoms with Crippen molar-refractivity contribution in [2.24, 2.45) is 4.99 Å². The second-order valence-electron chi connectivity index (χ2n) is 5.32. The molecular formula is C18H17N3O2S. The monoisotopic (exact) mass is 339 g/mol. The summed E-state index contributed by atoms with van der Waals surface area (Å²) in [6.07, 6.45) is 0.121. The van der Waals surface area contributed by atoms with Gasteiger partial charge in [0.25, 0.3) is 0 Å². The van der Waals surface area contributed by atoms with Gasteiger partial charge < -0.3 is 10.6 Å². The van der Waals surface area contributed by atoms with Crippen LogP contribution in [0.2, 0.25) is 0 Å². The average molecular weight is 339 g/mol. The van der Waals surface area contributed by atoms with Crippen LogP contribution in [-0.4, -0.2) is 22.2 Å². The zero-order valence-corrected chi connectivity index (χ0v) is 13.8. The van der Waals surface area contributed by atoms with Crippen LogP contribution in [0, 0.1) is 0 Å². The van der Waals surface area contributed by atoms with Crippen LogP contribution in [0.4, 0.5) is 5.69 Å². The Kier molecular flexibility index (Phi) is 5.28. The highest BCUT2D eigenvalue weighted by Crippen LogP contribution is 2.23. The molecule has 2 amide bonds. The highest BCUT2D eigenvalue weighted by atomic mass is 32.2. The van der Waals surface area contributed by atoms with Crippen molar-refractivity contribution in [1.82, 2.24) is 5.32 Å². The van der Waals surface area contributed by atoms with E-state index in [4.69, 9.17) is 0 Å². The van der Waals surface area contributed by atoms with E-state index in [1.165, 1.54) is 11.8 Å². The van der Waals surface area contributed by atoms with Crippen LogP contribution in [-0.2, 0) is 16.1 Å². The minimum Gasteiger partial charge on any atom is -0.326 e. The molecule has 5 nitrogen and oxygen atoms in total. The van der Waals surface area contributed by atoms with Crippen LogP contribution in [0.5, 0.6) is 0 Å². The Morgan fingerprint density at radius 2 is 1.75 bits per heavy atom. The van der Waals surface area contributed by atoms with Gasteiger partial charge in [0, 0.05) is 12.1 Å². The number of carbonyl (C=O) groups is 2. The summed E-state index contributed by atoms with van der Waals surface area (Å²) in [7, 11) is 0. The number of hydrogen-bond acceptors (Lipinski definition) is 4. The van der Waals surface area contributed by atoms with Crippen molar-refractivity contribution in [2.45, 2.75) is 18.2 Å². The number of benzene rings is 2. The summed E-state index contributed by atoms with van der Waals surface area (Å²) < 4.78 is 0. The van der Waals surface area contributed by atoms with E-state index in [1.807, 2.05) is 60.7 Å². The lowest BCUT2D eigenvalue weighted by molar-refractivity contribution is -0.122. The molecule has 0 aliphatic carbocycles. The highest BCUT2D eigenvalue weighted by Gasteiger charge is 2.31. The van der Waals surface area contributed by atoms with Gasteiger partial charge in [-0.2, -0.15) is 0 Å². The molecule has 2 aromatic carbocycles. The second kappa shape index (κ2) is 7.79. The number of anilines is 1. The number of amides is 2. The van der Waals surface area contributed by atoms with Crippen LogP contribution < -0.4 is 10.6 Å². The van der Waals surface area contributed by atoms with Crippen molar-refractivity contribution in [2.75, 3.05) is 5.32 Å². The number of nitrogens with one attached hydrogen (secondary N) is 2. The summed E-state index contributed by atoms with van der Waals surface area (Å²) in [4.78, 5) is 28.4. The quantitative estimate of drug-likeness (QED) is 0.880. The zero-order chi connectivity index (χ0) is 16.8. The Morgan fingerprint density at radius 3 is 2.46 bits per heavy atom. The predicted octanol–water partition coefficient (Wildman–Crippen LogP) is 2.80. The molecule has 0 unspecified atom stereocenters. The molecule has 6 heteroatoms. The van der Waals surface area contributed by atoms with Crippen molar-refractivity contribution in [1.29, 1.82) is 0 Å². The Balaban J connectivity index is 1.54. The maximum atomic E-state index is 12.1. The summed E-state index contributed by atoms with van der Waals surface area (Å²) in [6, 6.07) is 19.0. The number of carbonyl (C=O) groups excluding carboxylic acids is 2. The molecule has 122 valence electrons. The fraction of sp³-hybridized carbons (Fsp3) is 0.167. The van der Waals surface area contributed by atoms with Gasteiger partial charge in [-0.1, -0.05) is 60.3 Å². The summed E-state index contributed by atoms with van der Waals surface area (Å²) in [5.74, 6) is -0.354. The summed E-state index contributed by atoms with van der Waals surface area (Å²) in [5.41, 5.74) is 1.80. The minimum atomic E-state index is -0.441. The Morgan fingerprint density at radius 1 is 1.08 bits per heavy atom. The van der Waals surface area contributed by atoms with E-state index in [-0.39, 0.29) is 18.2 Å². The van der Waals surface area contributed by atoms with E-state index in [0.717, 1.165) is 11.3 Å². The van der Waals surface area contributed by atoms with Gasteiger partial charge in [-0.05, 0) is 17.7 Å². The number of rotatable bonds is 5. The van der Waals surface area contributed by atoms with E-state index in [2.05, 4.69) is 15.6 Å². The first-order chi connectivity index (χ1) is 11.7. The molecule has 2 aromatic rings. The van der Waals surface area contributed by atoms with Crippen LogP contribution in [0.15, 0.2) is 65.7 Å². The fourth-order valence-corrected chi connectivity index (χ4v) is 3.23. The third-order valence-corrected chi connectivity index (χ3v) is 4.57. The van der Waals surface area contributed by atoms with Gasteiger partial charge in [-0.25, -0.2) is 0 Å². The van der Waals surface area contributed by atoms with Gasteiger partial charge in [-0.15, -0.1) is 0 Å². The number of nitrogens with zero attached hydrogens (tertiary/aromatic N) is 1. The average Bonchev–Trinajstić information content (AvgIpc) is 2.94. The van der Waals surface area contributed by atoms with E-state index >= 15 is 0 Å². The Hall–Kier alpha value is -2.60. The van der Waals surface area contributed by atoms with Crippen molar-refractivity contribution in [3.63, 3.8) is 0 Å². The summed E-state index contributed by atoms with van der Waals surface area (Å²) >= 11 is 1.31. The molecule has 1 fully saturated rings. The van der Waals surface area contributed by atoms with Gasteiger partial charge in [-0.3, -0.25) is 14.6 Å². The molecule has 0 bridgehead atoms. The lowest BCUT2D eigenvalue weighted by atomic mass is 10.2. The molecule has 1 aliphatic heterocycles. The molecule has 0 aromatic heterocycles. The van der Waals surface area contributed by atoms with Gasteiger partial charge in [0.05, 0.1) is 6.54 Å². The number of aliphatic imine (C=N–C) groups is 1. The fourth-order valence-electron chi connectivity index (χ4n) is 2.26. The zero-order valence-electron chi connectivity index (χ0n) is 12.9. The normalized spacial score (nSPS) is 18.4. The summed E-state index contributed by atoms with van der Waals surface area (Å²) in [6.45, 7) is 0.506. The van der Waals surface area contributed by atoms with E-state index in [0.29, 0.717) is 11.7 Å². The van der Waals surface area contributed by atoms with Crippen molar-refractivity contribution in [3.8, 4) is 0 Å². The maximum Gasteiger partial charge on any atom is 0.240 e. The van der Waals surface area contributed by atoms with Gasteiger partial charge in [0.1, 0.15) is 5.25 Å². The highest BCUT2D eigenvalue weighted by molar-refractivity contribution is 8.15. The van der Waals surface area contributed by atoms with Gasteiger partial charge >= 0.3 is 0 Å². The molecule has 0 radical (unpaired) electrons. The third kappa shape index (κ3) is 4.45.